The summed E-state index contributed by atoms with van der Waals surface area (Å²) < 4.78 is 6.04. The van der Waals surface area contributed by atoms with E-state index >= 15 is 0 Å². The molecule has 2 heteroatoms. The normalized spacial score (nSPS) is 12.3. The van der Waals surface area contributed by atoms with Crippen LogP contribution in [0.1, 0.15) is 43.2 Å². The number of hydrogen-bond donors (Lipinski definition) is 1. The first-order valence-corrected chi connectivity index (χ1v) is 6.52. The van der Waals surface area contributed by atoms with Gasteiger partial charge in [-0.25, -0.2) is 0 Å². The van der Waals surface area contributed by atoms with Crippen molar-refractivity contribution >= 4 is 11.0 Å². The predicted molar refractivity (Wildman–Crippen MR) is 77.2 cm³/mol. The summed E-state index contributed by atoms with van der Waals surface area (Å²) in [6, 6.07) is 4.41. The second kappa shape index (κ2) is 4.43. The maximum absolute atomic E-state index is 6.04. The molecule has 0 fully saturated rings. The van der Waals surface area contributed by atoms with Gasteiger partial charge in [0.2, 0.25) is 0 Å². The smallest absolute Gasteiger partial charge is 0.134 e. The minimum atomic E-state index is 0.0964. The van der Waals surface area contributed by atoms with Crippen molar-refractivity contribution in [3.8, 4) is 0 Å². The first-order chi connectivity index (χ1) is 8.34. The Morgan fingerprint density at radius 1 is 1.11 bits per heavy atom. The van der Waals surface area contributed by atoms with Crippen molar-refractivity contribution < 1.29 is 4.42 Å². The van der Waals surface area contributed by atoms with Gasteiger partial charge in [0.05, 0.1) is 6.54 Å². The van der Waals surface area contributed by atoms with Crippen LogP contribution in [0.4, 0.5) is 0 Å². The van der Waals surface area contributed by atoms with E-state index < -0.39 is 0 Å². The molecule has 0 saturated heterocycles. The summed E-state index contributed by atoms with van der Waals surface area (Å²) in [7, 11) is 1.95. The van der Waals surface area contributed by atoms with Gasteiger partial charge in [-0.2, -0.15) is 0 Å². The van der Waals surface area contributed by atoms with Crippen molar-refractivity contribution in [3.63, 3.8) is 0 Å². The summed E-state index contributed by atoms with van der Waals surface area (Å²) in [5.41, 5.74) is 5.04. The highest BCUT2D eigenvalue weighted by Gasteiger charge is 2.25. The van der Waals surface area contributed by atoms with Crippen LogP contribution in [-0.4, -0.2) is 7.05 Å². The van der Waals surface area contributed by atoms with Crippen LogP contribution < -0.4 is 5.32 Å². The van der Waals surface area contributed by atoms with Gasteiger partial charge in [-0.1, -0.05) is 20.8 Å². The summed E-state index contributed by atoms with van der Waals surface area (Å²) in [4.78, 5) is 0. The summed E-state index contributed by atoms with van der Waals surface area (Å²) in [6.45, 7) is 11.8. The number of benzene rings is 1. The highest BCUT2D eigenvalue weighted by molar-refractivity contribution is 5.85. The highest BCUT2D eigenvalue weighted by Crippen LogP contribution is 2.36. The van der Waals surface area contributed by atoms with E-state index in [1.54, 1.807) is 0 Å². The third-order valence-electron chi connectivity index (χ3n) is 3.46. The Bertz CT molecular complexity index is 573. The van der Waals surface area contributed by atoms with Gasteiger partial charge in [0.1, 0.15) is 11.3 Å². The SMILES string of the molecule is CNCc1oc2cc(C)c(C)cc2c1C(C)(C)C. The Morgan fingerprint density at radius 2 is 1.72 bits per heavy atom. The Labute approximate surface area is 109 Å². The van der Waals surface area contributed by atoms with Crippen molar-refractivity contribution in [2.45, 2.75) is 46.6 Å². The summed E-state index contributed by atoms with van der Waals surface area (Å²) >= 11 is 0. The van der Waals surface area contributed by atoms with Gasteiger partial charge in [-0.05, 0) is 49.6 Å². The lowest BCUT2D eigenvalue weighted by Crippen LogP contribution is -2.16. The number of furan rings is 1. The first-order valence-electron chi connectivity index (χ1n) is 6.52. The number of nitrogens with one attached hydrogen (secondary N) is 1. The Balaban J connectivity index is 2.77. The molecular weight excluding hydrogens is 222 g/mol. The Hall–Kier alpha value is -1.28. The van der Waals surface area contributed by atoms with Crippen LogP contribution in [0.15, 0.2) is 16.5 Å². The largest absolute Gasteiger partial charge is 0.459 e. The topological polar surface area (TPSA) is 25.2 Å². The second-order valence-electron chi connectivity index (χ2n) is 6.11. The van der Waals surface area contributed by atoms with Gasteiger partial charge in [0, 0.05) is 10.9 Å². The highest BCUT2D eigenvalue weighted by atomic mass is 16.3. The third-order valence-corrected chi connectivity index (χ3v) is 3.46. The van der Waals surface area contributed by atoms with Crippen molar-refractivity contribution in [2.24, 2.45) is 0 Å². The number of aryl methyl sites for hydroxylation is 2. The molecule has 1 heterocycles. The summed E-state index contributed by atoms with van der Waals surface area (Å²) in [5.74, 6) is 1.06. The van der Waals surface area contributed by atoms with Crippen LogP contribution in [0.2, 0.25) is 0 Å². The van der Waals surface area contributed by atoms with Crippen molar-refractivity contribution in [3.05, 3.63) is 34.6 Å². The van der Waals surface area contributed by atoms with Gasteiger partial charge in [-0.3, -0.25) is 0 Å². The molecule has 0 spiro atoms. The molecular formula is C16H23NO. The number of rotatable bonds is 2. The Morgan fingerprint density at radius 3 is 2.28 bits per heavy atom. The molecule has 18 heavy (non-hydrogen) atoms. The maximum atomic E-state index is 6.04. The molecule has 0 aliphatic heterocycles. The van der Waals surface area contributed by atoms with Crippen LogP contribution in [0.3, 0.4) is 0 Å². The molecule has 0 aliphatic carbocycles. The van der Waals surface area contributed by atoms with Gasteiger partial charge < -0.3 is 9.73 Å². The molecule has 0 atom stereocenters. The third kappa shape index (κ3) is 2.17. The van der Waals surface area contributed by atoms with Crippen molar-refractivity contribution in [1.29, 1.82) is 0 Å². The fourth-order valence-corrected chi connectivity index (χ4v) is 2.51. The fourth-order valence-electron chi connectivity index (χ4n) is 2.51. The summed E-state index contributed by atoms with van der Waals surface area (Å²) in [5, 5.41) is 4.45. The maximum Gasteiger partial charge on any atom is 0.134 e. The molecule has 1 aromatic heterocycles. The van der Waals surface area contributed by atoms with Crippen LogP contribution in [0.25, 0.3) is 11.0 Å². The van der Waals surface area contributed by atoms with E-state index in [1.165, 1.54) is 22.1 Å². The van der Waals surface area contributed by atoms with E-state index in [0.717, 1.165) is 17.9 Å². The van der Waals surface area contributed by atoms with Gasteiger partial charge >= 0.3 is 0 Å². The zero-order valence-corrected chi connectivity index (χ0v) is 12.3. The number of fused-ring (bicyclic) bond motifs is 1. The predicted octanol–water partition coefficient (Wildman–Crippen LogP) is 4.07. The van der Waals surface area contributed by atoms with E-state index in [2.05, 4.69) is 52.1 Å². The minimum Gasteiger partial charge on any atom is -0.459 e. The monoisotopic (exact) mass is 245 g/mol. The second-order valence-corrected chi connectivity index (χ2v) is 6.11. The lowest BCUT2D eigenvalue weighted by molar-refractivity contribution is 0.495. The Kier molecular flexibility index (Phi) is 3.24. The molecule has 0 saturated carbocycles. The number of hydrogen-bond acceptors (Lipinski definition) is 2. The molecule has 0 amide bonds. The zero-order chi connectivity index (χ0) is 13.5. The van der Waals surface area contributed by atoms with Crippen molar-refractivity contribution in [1.82, 2.24) is 5.32 Å². The van der Waals surface area contributed by atoms with Gasteiger partial charge in [0.25, 0.3) is 0 Å². The van der Waals surface area contributed by atoms with Crippen molar-refractivity contribution in [2.75, 3.05) is 7.05 Å². The first kappa shape index (κ1) is 13.2. The molecule has 2 aromatic rings. The lowest BCUT2D eigenvalue weighted by Gasteiger charge is -2.19. The molecule has 2 rings (SSSR count). The molecule has 1 N–H and O–H groups in total. The molecule has 0 unspecified atom stereocenters. The van der Waals surface area contributed by atoms with E-state index in [-0.39, 0.29) is 5.41 Å². The van der Waals surface area contributed by atoms with Crippen LogP contribution in [-0.2, 0) is 12.0 Å². The van der Waals surface area contributed by atoms with E-state index in [9.17, 15) is 0 Å². The fraction of sp³-hybridized carbons (Fsp3) is 0.500. The molecule has 0 radical (unpaired) electrons. The summed E-state index contributed by atoms with van der Waals surface area (Å²) in [6.07, 6.45) is 0. The average Bonchev–Trinajstić information content (AvgIpc) is 2.56. The average molecular weight is 245 g/mol. The molecule has 0 bridgehead atoms. The quantitative estimate of drug-likeness (QED) is 0.863. The zero-order valence-electron chi connectivity index (χ0n) is 12.3. The van der Waals surface area contributed by atoms with Gasteiger partial charge in [0.15, 0.2) is 0 Å². The molecule has 2 nitrogen and oxygen atoms in total. The van der Waals surface area contributed by atoms with E-state index in [0.29, 0.717) is 0 Å². The van der Waals surface area contributed by atoms with Crippen LogP contribution >= 0.6 is 0 Å². The molecule has 0 aliphatic rings. The van der Waals surface area contributed by atoms with Crippen LogP contribution in [0.5, 0.6) is 0 Å². The molecule has 1 aromatic carbocycles. The van der Waals surface area contributed by atoms with E-state index in [4.69, 9.17) is 4.42 Å². The lowest BCUT2D eigenvalue weighted by atomic mass is 9.84. The van der Waals surface area contributed by atoms with Crippen LogP contribution in [0, 0.1) is 13.8 Å². The standard InChI is InChI=1S/C16H23NO/c1-10-7-12-13(8-11(10)2)18-14(9-17-6)15(12)16(3,4)5/h7-8,17H,9H2,1-6H3. The molecule has 98 valence electrons. The van der Waals surface area contributed by atoms with Gasteiger partial charge in [-0.15, -0.1) is 0 Å². The van der Waals surface area contributed by atoms with E-state index in [1.807, 2.05) is 7.05 Å². The minimum absolute atomic E-state index is 0.0964.